The minimum absolute atomic E-state index is 0. The first-order valence-corrected chi connectivity index (χ1v) is 8.12. The van der Waals surface area contributed by atoms with E-state index in [2.05, 4.69) is 6.92 Å². The van der Waals surface area contributed by atoms with Gasteiger partial charge < -0.3 is 15.4 Å². The lowest BCUT2D eigenvalue weighted by molar-refractivity contribution is -0.137. The molecule has 1 aromatic carbocycles. The molecule has 2 rings (SSSR count). The van der Waals surface area contributed by atoms with Crippen LogP contribution in [0.5, 0.6) is 5.75 Å². The molecule has 0 bridgehead atoms. The Morgan fingerprint density at radius 3 is 2.58 bits per heavy atom. The van der Waals surface area contributed by atoms with Crippen LogP contribution in [-0.2, 0) is 6.18 Å². The van der Waals surface area contributed by atoms with E-state index >= 15 is 0 Å². The Balaban J connectivity index is 0.00000288. The monoisotopic (exact) mass is 366 g/mol. The molecule has 1 saturated heterocycles. The Bertz CT molecular complexity index is 525. The van der Waals surface area contributed by atoms with Crippen LogP contribution in [0.1, 0.15) is 38.2 Å². The average molecular weight is 367 g/mol. The molecule has 0 unspecified atom stereocenters. The van der Waals surface area contributed by atoms with Gasteiger partial charge in [-0.1, -0.05) is 19.8 Å². The van der Waals surface area contributed by atoms with Crippen LogP contribution in [0.3, 0.4) is 0 Å². The van der Waals surface area contributed by atoms with Gasteiger partial charge in [-0.05, 0) is 30.9 Å². The van der Waals surface area contributed by atoms with E-state index in [9.17, 15) is 13.2 Å². The van der Waals surface area contributed by atoms with Crippen LogP contribution >= 0.6 is 12.4 Å². The predicted octanol–water partition coefficient (Wildman–Crippen LogP) is 4.48. The van der Waals surface area contributed by atoms with Gasteiger partial charge in [0, 0.05) is 30.9 Å². The maximum Gasteiger partial charge on any atom is 0.416 e. The SMILES string of the molecule is CCCC[C@H]1CN(c2cc(OC)cc(C(F)(F)F)c2)CC[C@@H]1N.Cl. The fraction of sp³-hybridized carbons (Fsp3) is 0.647. The molecule has 2 atom stereocenters. The van der Waals surface area contributed by atoms with Crippen LogP contribution < -0.4 is 15.4 Å². The molecule has 24 heavy (non-hydrogen) atoms. The lowest BCUT2D eigenvalue weighted by Gasteiger charge is -2.38. The zero-order valence-corrected chi connectivity index (χ0v) is 14.9. The zero-order chi connectivity index (χ0) is 17.0. The Morgan fingerprint density at radius 1 is 1.29 bits per heavy atom. The van der Waals surface area contributed by atoms with Gasteiger partial charge in [0.2, 0.25) is 0 Å². The van der Waals surface area contributed by atoms with Gasteiger partial charge in [-0.2, -0.15) is 13.2 Å². The summed E-state index contributed by atoms with van der Waals surface area (Å²) >= 11 is 0. The molecule has 3 nitrogen and oxygen atoms in total. The van der Waals surface area contributed by atoms with Crippen molar-refractivity contribution >= 4 is 18.1 Å². The molecule has 0 aliphatic carbocycles. The molecule has 1 aliphatic rings. The van der Waals surface area contributed by atoms with Crippen molar-refractivity contribution in [2.45, 2.75) is 44.8 Å². The van der Waals surface area contributed by atoms with E-state index in [-0.39, 0.29) is 24.2 Å². The first-order chi connectivity index (χ1) is 10.8. The second-order valence-electron chi connectivity index (χ2n) is 6.22. The molecule has 138 valence electrons. The van der Waals surface area contributed by atoms with Gasteiger partial charge in [0.1, 0.15) is 5.75 Å². The van der Waals surface area contributed by atoms with Crippen molar-refractivity contribution < 1.29 is 17.9 Å². The molecule has 0 spiro atoms. The number of hydrogen-bond donors (Lipinski definition) is 1. The summed E-state index contributed by atoms with van der Waals surface area (Å²) in [5, 5.41) is 0. The van der Waals surface area contributed by atoms with Crippen molar-refractivity contribution in [3.05, 3.63) is 23.8 Å². The van der Waals surface area contributed by atoms with E-state index in [1.807, 2.05) is 4.90 Å². The number of unbranched alkanes of at least 4 members (excludes halogenated alkanes) is 1. The molecule has 0 radical (unpaired) electrons. The molecule has 1 aliphatic heterocycles. The summed E-state index contributed by atoms with van der Waals surface area (Å²) in [6.45, 7) is 3.50. The van der Waals surface area contributed by atoms with Gasteiger partial charge >= 0.3 is 6.18 Å². The number of piperidine rings is 1. The molecule has 7 heteroatoms. The normalized spacial score (nSPS) is 21.3. The predicted molar refractivity (Wildman–Crippen MR) is 93.1 cm³/mol. The summed E-state index contributed by atoms with van der Waals surface area (Å²) in [7, 11) is 1.38. The first kappa shape index (κ1) is 20.9. The smallest absolute Gasteiger partial charge is 0.416 e. The summed E-state index contributed by atoms with van der Waals surface area (Å²) < 4.78 is 44.2. The van der Waals surface area contributed by atoms with E-state index in [0.717, 1.165) is 31.7 Å². The highest BCUT2D eigenvalue weighted by molar-refractivity contribution is 5.85. The molecule has 2 N–H and O–H groups in total. The number of rotatable bonds is 5. The maximum atomic E-state index is 13.1. The molecule has 1 fully saturated rings. The first-order valence-electron chi connectivity index (χ1n) is 8.12. The van der Waals surface area contributed by atoms with Crippen molar-refractivity contribution in [3.8, 4) is 5.75 Å². The second kappa shape index (κ2) is 8.81. The van der Waals surface area contributed by atoms with Gasteiger partial charge in [-0.25, -0.2) is 0 Å². The third kappa shape index (κ3) is 5.18. The number of methoxy groups -OCH3 is 1. The van der Waals surface area contributed by atoms with E-state index in [1.165, 1.54) is 13.2 Å². The maximum absolute atomic E-state index is 13.1. The van der Waals surface area contributed by atoms with Crippen molar-refractivity contribution in [2.75, 3.05) is 25.1 Å². The fourth-order valence-corrected chi connectivity index (χ4v) is 3.10. The highest BCUT2D eigenvalue weighted by Gasteiger charge is 2.33. The molecular formula is C17H26ClF3N2O. The van der Waals surface area contributed by atoms with Crippen LogP contribution in [-0.4, -0.2) is 26.2 Å². The van der Waals surface area contributed by atoms with Crippen molar-refractivity contribution in [3.63, 3.8) is 0 Å². The Labute approximate surface area is 147 Å². The molecular weight excluding hydrogens is 341 g/mol. The van der Waals surface area contributed by atoms with Gasteiger partial charge in [-0.15, -0.1) is 12.4 Å². The number of alkyl halides is 3. The fourth-order valence-electron chi connectivity index (χ4n) is 3.10. The number of anilines is 1. The summed E-state index contributed by atoms with van der Waals surface area (Å²) in [6.07, 6.45) is -0.368. The largest absolute Gasteiger partial charge is 0.497 e. The number of benzene rings is 1. The van der Waals surface area contributed by atoms with Crippen molar-refractivity contribution in [1.82, 2.24) is 0 Å². The van der Waals surface area contributed by atoms with Gasteiger partial charge in [0.05, 0.1) is 12.7 Å². The van der Waals surface area contributed by atoms with E-state index in [0.29, 0.717) is 24.7 Å². The number of hydrogen-bond acceptors (Lipinski definition) is 3. The Hall–Kier alpha value is -1.14. The second-order valence-corrected chi connectivity index (χ2v) is 6.22. The summed E-state index contributed by atoms with van der Waals surface area (Å²) in [5.41, 5.74) is 6.07. The average Bonchev–Trinajstić information content (AvgIpc) is 2.52. The van der Waals surface area contributed by atoms with Crippen LogP contribution in [0.2, 0.25) is 0 Å². The molecule has 1 heterocycles. The standard InChI is InChI=1S/C17H25F3N2O.ClH/c1-3-4-5-12-11-22(7-6-16(12)21)14-8-13(17(18,19)20)9-15(10-14)23-2;/h8-10,12,16H,3-7,11,21H2,1-2H3;1H/t12-,16-;/m0./s1. The van der Waals surface area contributed by atoms with Gasteiger partial charge in [0.15, 0.2) is 0 Å². The van der Waals surface area contributed by atoms with Crippen LogP contribution in [0.15, 0.2) is 18.2 Å². The highest BCUT2D eigenvalue weighted by Crippen LogP contribution is 2.36. The molecule has 0 saturated carbocycles. The van der Waals surface area contributed by atoms with E-state index in [1.54, 1.807) is 6.07 Å². The lowest BCUT2D eigenvalue weighted by atomic mass is 9.88. The van der Waals surface area contributed by atoms with Crippen molar-refractivity contribution in [1.29, 1.82) is 0 Å². The number of nitrogens with two attached hydrogens (primary N) is 1. The number of ether oxygens (including phenoxy) is 1. The summed E-state index contributed by atoms with van der Waals surface area (Å²) in [6, 6.07) is 4.04. The van der Waals surface area contributed by atoms with E-state index < -0.39 is 11.7 Å². The van der Waals surface area contributed by atoms with Crippen LogP contribution in [0.25, 0.3) is 0 Å². The van der Waals surface area contributed by atoms with Gasteiger partial charge in [0.25, 0.3) is 0 Å². The molecule has 0 amide bonds. The summed E-state index contributed by atoms with van der Waals surface area (Å²) in [4.78, 5) is 2.00. The summed E-state index contributed by atoms with van der Waals surface area (Å²) in [5.74, 6) is 0.555. The highest BCUT2D eigenvalue weighted by atomic mass is 35.5. The number of halogens is 4. The van der Waals surface area contributed by atoms with Crippen LogP contribution in [0.4, 0.5) is 18.9 Å². The lowest BCUT2D eigenvalue weighted by Crippen LogP contribution is -2.47. The third-order valence-electron chi connectivity index (χ3n) is 4.54. The molecule has 1 aromatic rings. The minimum atomic E-state index is -4.38. The van der Waals surface area contributed by atoms with E-state index in [4.69, 9.17) is 10.5 Å². The minimum Gasteiger partial charge on any atom is -0.497 e. The zero-order valence-electron chi connectivity index (χ0n) is 14.1. The van der Waals surface area contributed by atoms with Crippen LogP contribution in [0, 0.1) is 5.92 Å². The van der Waals surface area contributed by atoms with Gasteiger partial charge in [-0.3, -0.25) is 0 Å². The molecule has 0 aromatic heterocycles. The topological polar surface area (TPSA) is 38.5 Å². The quantitative estimate of drug-likeness (QED) is 0.835. The third-order valence-corrected chi connectivity index (χ3v) is 4.54. The van der Waals surface area contributed by atoms with Crippen molar-refractivity contribution in [2.24, 2.45) is 11.7 Å². The Kier molecular flexibility index (Phi) is 7.67. The Morgan fingerprint density at radius 2 is 2.00 bits per heavy atom. The number of nitrogens with zero attached hydrogens (tertiary/aromatic N) is 1.